The van der Waals surface area contributed by atoms with E-state index in [-0.39, 0.29) is 56.8 Å². The number of halogens is 5. The maximum Gasteiger partial charge on any atom is 0.433 e. The molecule has 3 heterocycles. The third-order valence-electron chi connectivity index (χ3n) is 8.52. The minimum atomic E-state index is -4.61. The van der Waals surface area contributed by atoms with E-state index < -0.39 is 40.5 Å². The molecule has 0 saturated carbocycles. The van der Waals surface area contributed by atoms with Crippen LogP contribution in [0.15, 0.2) is 125 Å². The molecule has 0 aliphatic heterocycles. The van der Waals surface area contributed by atoms with Crippen molar-refractivity contribution in [3.63, 3.8) is 0 Å². The Bertz CT molecular complexity index is 2720. The van der Waals surface area contributed by atoms with Crippen LogP contribution in [0.4, 0.5) is 22.0 Å². The molecule has 7 aromatic rings. The van der Waals surface area contributed by atoms with Crippen LogP contribution < -0.4 is 20.3 Å². The van der Waals surface area contributed by atoms with E-state index >= 15 is 0 Å². The lowest BCUT2D eigenvalue weighted by Gasteiger charge is -2.14. The number of alkyl halides is 3. The molecule has 0 aliphatic carbocycles. The molecule has 7 rings (SSSR count). The SMILES string of the molecule is COc1ccc(C(=O)c2c[nH]c3ccccc3c2=O)cc1F.COc1ccc(C(=O)c2cn(Cc3cccc(C(F)(F)F)n3)c3ccccc3c2=O)cc1F. The molecule has 0 bridgehead atoms. The zero-order valence-corrected chi connectivity index (χ0v) is 28.9. The number of nitrogens with one attached hydrogen (secondary N) is 1. The van der Waals surface area contributed by atoms with Crippen molar-refractivity contribution in [2.45, 2.75) is 12.7 Å². The van der Waals surface area contributed by atoms with E-state index in [0.29, 0.717) is 16.4 Å². The van der Waals surface area contributed by atoms with Gasteiger partial charge < -0.3 is 19.0 Å². The molecule has 0 amide bonds. The Morgan fingerprint density at radius 1 is 0.709 bits per heavy atom. The van der Waals surface area contributed by atoms with Crippen LogP contribution in [0, 0.1) is 11.6 Å². The maximum atomic E-state index is 14.1. The molecular weight excluding hydrogens is 725 g/mol. The Kier molecular flexibility index (Phi) is 10.7. The number of aromatic amines is 1. The molecule has 0 spiro atoms. The molecule has 0 radical (unpaired) electrons. The molecule has 0 fully saturated rings. The van der Waals surface area contributed by atoms with Gasteiger partial charge in [-0.25, -0.2) is 13.8 Å². The normalized spacial score (nSPS) is 11.2. The lowest BCUT2D eigenvalue weighted by molar-refractivity contribution is -0.141. The van der Waals surface area contributed by atoms with Gasteiger partial charge >= 0.3 is 6.18 Å². The summed E-state index contributed by atoms with van der Waals surface area (Å²) >= 11 is 0. The molecule has 4 aromatic carbocycles. The van der Waals surface area contributed by atoms with Gasteiger partial charge in [0.05, 0.1) is 43.1 Å². The number of ether oxygens (including phenoxy) is 2. The van der Waals surface area contributed by atoms with E-state index in [4.69, 9.17) is 9.47 Å². The molecule has 3 aromatic heterocycles. The summed E-state index contributed by atoms with van der Waals surface area (Å²) in [6, 6.07) is 24.2. The fourth-order valence-corrected chi connectivity index (χ4v) is 5.80. The highest BCUT2D eigenvalue weighted by atomic mass is 19.4. The summed E-state index contributed by atoms with van der Waals surface area (Å²) in [7, 11) is 2.62. The van der Waals surface area contributed by atoms with E-state index in [2.05, 4.69) is 9.97 Å². The van der Waals surface area contributed by atoms with Gasteiger partial charge in [0, 0.05) is 39.8 Å². The minimum Gasteiger partial charge on any atom is -0.494 e. The van der Waals surface area contributed by atoms with Crippen LogP contribution in [0.5, 0.6) is 11.5 Å². The Balaban J connectivity index is 0.000000203. The standard InChI is InChI=1S/C24H16F4N2O3.C17H12FNO3/c1-33-20-10-9-14(11-18(20)25)22(31)17-13-30(19-7-3-2-6-16(19)23(17)32)12-15-5-4-8-21(29-15)24(26,27)28;1-22-15-7-6-10(8-13(15)18)16(20)12-9-19-14-5-3-2-4-11(14)17(12)21/h2-11,13H,12H2,1H3;2-9H,1H3,(H,19,21). The number of carbonyl (C=O) groups is 2. The summed E-state index contributed by atoms with van der Waals surface area (Å²) in [5.74, 6) is -2.68. The first-order valence-corrected chi connectivity index (χ1v) is 16.3. The molecule has 0 aliphatic rings. The van der Waals surface area contributed by atoms with Crippen molar-refractivity contribution < 1.29 is 41.0 Å². The summed E-state index contributed by atoms with van der Waals surface area (Å²) in [5.41, 5.74) is -1.08. The second-order valence-electron chi connectivity index (χ2n) is 12.0. The average Bonchev–Trinajstić information content (AvgIpc) is 3.18. The lowest BCUT2D eigenvalue weighted by atomic mass is 10.0. The zero-order chi connectivity index (χ0) is 39.4. The molecule has 278 valence electrons. The zero-order valence-electron chi connectivity index (χ0n) is 28.9. The van der Waals surface area contributed by atoms with Gasteiger partial charge in [0.1, 0.15) is 5.69 Å². The van der Waals surface area contributed by atoms with Gasteiger partial charge in [-0.1, -0.05) is 30.3 Å². The van der Waals surface area contributed by atoms with Crippen LogP contribution >= 0.6 is 0 Å². The van der Waals surface area contributed by atoms with Crippen LogP contribution in [0.1, 0.15) is 43.2 Å². The number of hydrogen-bond donors (Lipinski definition) is 1. The van der Waals surface area contributed by atoms with Crippen molar-refractivity contribution in [1.29, 1.82) is 0 Å². The first-order chi connectivity index (χ1) is 26.3. The number of ketones is 2. The van der Waals surface area contributed by atoms with Crippen molar-refractivity contribution >= 4 is 33.4 Å². The highest BCUT2D eigenvalue weighted by Gasteiger charge is 2.32. The maximum absolute atomic E-state index is 14.1. The quantitative estimate of drug-likeness (QED) is 0.125. The van der Waals surface area contributed by atoms with E-state index in [1.807, 2.05) is 0 Å². The second kappa shape index (κ2) is 15.6. The summed E-state index contributed by atoms with van der Waals surface area (Å²) in [5, 5.41) is 0.617. The molecular formula is C41H28F5N3O6. The number of carbonyl (C=O) groups excluding carboxylic acids is 2. The molecule has 14 heteroatoms. The highest BCUT2D eigenvalue weighted by Crippen LogP contribution is 2.28. The van der Waals surface area contributed by atoms with Crippen LogP contribution in [-0.2, 0) is 12.7 Å². The molecule has 1 N–H and O–H groups in total. The van der Waals surface area contributed by atoms with E-state index in [9.17, 15) is 41.1 Å². The lowest BCUT2D eigenvalue weighted by Crippen LogP contribution is -2.20. The first-order valence-electron chi connectivity index (χ1n) is 16.3. The summed E-state index contributed by atoms with van der Waals surface area (Å²) < 4.78 is 78.2. The van der Waals surface area contributed by atoms with Crippen molar-refractivity contribution in [2.24, 2.45) is 0 Å². The molecule has 0 atom stereocenters. The Hall–Kier alpha value is -6.96. The minimum absolute atomic E-state index is 0.0248. The van der Waals surface area contributed by atoms with Crippen LogP contribution in [0.25, 0.3) is 21.8 Å². The average molecular weight is 754 g/mol. The van der Waals surface area contributed by atoms with Crippen molar-refractivity contribution in [2.75, 3.05) is 14.2 Å². The number of rotatable bonds is 8. The van der Waals surface area contributed by atoms with Crippen molar-refractivity contribution in [3.05, 3.63) is 181 Å². The Morgan fingerprint density at radius 3 is 1.87 bits per heavy atom. The number of benzene rings is 4. The fraction of sp³-hybridized carbons (Fsp3) is 0.0976. The monoisotopic (exact) mass is 753 g/mol. The molecule has 0 unspecified atom stereocenters. The van der Waals surface area contributed by atoms with Crippen LogP contribution in [0.2, 0.25) is 0 Å². The van der Waals surface area contributed by atoms with Gasteiger partial charge in [0.2, 0.25) is 10.9 Å². The van der Waals surface area contributed by atoms with Gasteiger partial charge in [0.25, 0.3) is 0 Å². The number of para-hydroxylation sites is 2. The van der Waals surface area contributed by atoms with Gasteiger partial charge in [-0.3, -0.25) is 19.2 Å². The van der Waals surface area contributed by atoms with Gasteiger partial charge in [-0.2, -0.15) is 13.2 Å². The number of aromatic nitrogens is 3. The Morgan fingerprint density at radius 2 is 1.27 bits per heavy atom. The van der Waals surface area contributed by atoms with E-state index in [1.165, 1.54) is 73.6 Å². The number of H-pyrrole nitrogens is 1. The van der Waals surface area contributed by atoms with Gasteiger partial charge in [-0.15, -0.1) is 0 Å². The van der Waals surface area contributed by atoms with Crippen LogP contribution in [0.3, 0.4) is 0 Å². The van der Waals surface area contributed by atoms with Crippen molar-refractivity contribution in [1.82, 2.24) is 14.5 Å². The summed E-state index contributed by atoms with van der Waals surface area (Å²) in [6.07, 6.45) is -1.99. The van der Waals surface area contributed by atoms with E-state index in [1.54, 1.807) is 42.5 Å². The van der Waals surface area contributed by atoms with Crippen molar-refractivity contribution in [3.8, 4) is 11.5 Å². The highest BCUT2D eigenvalue weighted by molar-refractivity contribution is 6.11. The fourth-order valence-electron chi connectivity index (χ4n) is 5.80. The third kappa shape index (κ3) is 7.88. The number of methoxy groups -OCH3 is 2. The molecule has 9 nitrogen and oxygen atoms in total. The predicted molar refractivity (Wildman–Crippen MR) is 194 cm³/mol. The summed E-state index contributed by atoms with van der Waals surface area (Å²) in [4.78, 5) is 57.5. The van der Waals surface area contributed by atoms with E-state index in [0.717, 1.165) is 18.2 Å². The largest absolute Gasteiger partial charge is 0.494 e. The Labute approximate surface area is 308 Å². The number of fused-ring (bicyclic) bond motifs is 2. The first kappa shape index (κ1) is 37.8. The second-order valence-corrected chi connectivity index (χ2v) is 12.0. The van der Waals surface area contributed by atoms with Gasteiger partial charge in [0.15, 0.2) is 34.7 Å². The smallest absolute Gasteiger partial charge is 0.433 e. The number of nitrogens with zero attached hydrogens (tertiary/aromatic N) is 2. The summed E-state index contributed by atoms with van der Waals surface area (Å²) in [6.45, 7) is -0.123. The van der Waals surface area contributed by atoms with Crippen LogP contribution in [-0.4, -0.2) is 40.3 Å². The van der Waals surface area contributed by atoms with Gasteiger partial charge in [-0.05, 0) is 72.8 Å². The topological polar surface area (TPSA) is 120 Å². The molecule has 0 saturated heterocycles. The predicted octanol–water partition coefficient (Wildman–Crippen LogP) is 7.75. The third-order valence-corrected chi connectivity index (χ3v) is 8.52. The number of hydrogen-bond acceptors (Lipinski definition) is 7. The number of pyridine rings is 3. The molecule has 55 heavy (non-hydrogen) atoms.